The van der Waals surface area contributed by atoms with Crippen molar-refractivity contribution in [3.8, 4) is 11.5 Å². The van der Waals surface area contributed by atoms with E-state index in [-0.39, 0.29) is 11.5 Å². The molecule has 1 aliphatic heterocycles. The van der Waals surface area contributed by atoms with Gasteiger partial charge in [-0.2, -0.15) is 4.98 Å². The lowest BCUT2D eigenvalue weighted by atomic mass is 9.63. The van der Waals surface area contributed by atoms with Crippen molar-refractivity contribution in [2.45, 2.75) is 36.8 Å². The molecule has 2 aliphatic rings. The van der Waals surface area contributed by atoms with Crippen molar-refractivity contribution in [3.63, 3.8) is 0 Å². The first-order valence-electron chi connectivity index (χ1n) is 11.1. The Balaban J connectivity index is 1.47. The summed E-state index contributed by atoms with van der Waals surface area (Å²) in [6, 6.07) is 8.73. The number of likely N-dealkylation sites (N-methyl/N-ethyl adjacent to an activating group) is 1. The summed E-state index contributed by atoms with van der Waals surface area (Å²) in [5, 5.41) is 5.76. The minimum atomic E-state index is -0.465. The third-order valence-corrected chi connectivity index (χ3v) is 8.00. The average molecular weight is 508 g/mol. The van der Waals surface area contributed by atoms with E-state index in [2.05, 4.69) is 81.0 Å². The molecule has 7 nitrogen and oxygen atoms in total. The van der Waals surface area contributed by atoms with Gasteiger partial charge in [-0.05, 0) is 59.1 Å². The lowest BCUT2D eigenvalue weighted by Gasteiger charge is -2.55. The Morgan fingerprint density at radius 2 is 2.09 bits per heavy atom. The van der Waals surface area contributed by atoms with Gasteiger partial charge in [-0.15, -0.1) is 0 Å². The van der Waals surface area contributed by atoms with E-state index in [0.29, 0.717) is 11.7 Å². The van der Waals surface area contributed by atoms with Crippen LogP contribution in [-0.2, 0) is 29.2 Å². The Labute approximate surface area is 200 Å². The molecule has 6 rings (SSSR count). The molecule has 4 heterocycles. The number of nitrogens with zero attached hydrogens (tertiary/aromatic N) is 5. The van der Waals surface area contributed by atoms with Crippen LogP contribution in [0.25, 0.3) is 22.4 Å². The van der Waals surface area contributed by atoms with Gasteiger partial charge in [0, 0.05) is 66.1 Å². The molecule has 3 atom stereocenters. The Bertz CT molecular complexity index is 1380. The lowest BCUT2D eigenvalue weighted by Crippen LogP contribution is -2.63. The second-order valence-corrected chi connectivity index (χ2v) is 10.7. The van der Waals surface area contributed by atoms with E-state index >= 15 is 0 Å². The fourth-order valence-electron chi connectivity index (χ4n) is 6.20. The monoisotopic (exact) mass is 507 g/mol. The third kappa shape index (κ3) is 2.97. The van der Waals surface area contributed by atoms with Crippen molar-refractivity contribution in [2.75, 3.05) is 20.7 Å². The summed E-state index contributed by atoms with van der Waals surface area (Å²) in [5.41, 5.74) is 3.88. The molecule has 3 aromatic heterocycles. The van der Waals surface area contributed by atoms with Gasteiger partial charge in [-0.3, -0.25) is 9.88 Å². The Morgan fingerprint density at radius 3 is 2.88 bits per heavy atom. The maximum atomic E-state index is 6.48. The van der Waals surface area contributed by atoms with E-state index in [4.69, 9.17) is 14.2 Å². The second-order valence-electron chi connectivity index (χ2n) is 9.75. The van der Waals surface area contributed by atoms with Crippen LogP contribution in [0.15, 0.2) is 51.9 Å². The van der Waals surface area contributed by atoms with Crippen molar-refractivity contribution < 1.29 is 9.26 Å². The standard InChI is InChI=1S/C25H26BrN5O2/c1-24(23-28-22(33-29-23)15-8-17(26)11-27-10-15)13-25(32-4)18-6-5-7-19-21(18)16(12-30(19)2)9-20(25)31(3)14-24/h5-8,10-12,20H,9,13-14H2,1-4H3/t20-,24+,25+/m1/s1. The molecular formula is C25H26BrN5O2. The van der Waals surface area contributed by atoms with Gasteiger partial charge < -0.3 is 13.8 Å². The van der Waals surface area contributed by atoms with Gasteiger partial charge in [0.25, 0.3) is 5.89 Å². The highest BCUT2D eigenvalue weighted by Gasteiger charge is 2.56. The topological polar surface area (TPSA) is 69.2 Å². The molecule has 0 N–H and O–H groups in total. The maximum Gasteiger partial charge on any atom is 0.259 e. The summed E-state index contributed by atoms with van der Waals surface area (Å²) in [6.07, 6.45) is 7.47. The normalized spacial score (nSPS) is 27.1. The van der Waals surface area contributed by atoms with Gasteiger partial charge in [-0.1, -0.05) is 24.2 Å². The summed E-state index contributed by atoms with van der Waals surface area (Å²) in [7, 11) is 6.15. The molecule has 0 unspecified atom stereocenters. The molecule has 1 aromatic carbocycles. The molecule has 0 radical (unpaired) electrons. The first kappa shape index (κ1) is 21.0. The van der Waals surface area contributed by atoms with E-state index in [0.717, 1.165) is 29.4 Å². The first-order chi connectivity index (χ1) is 15.8. The van der Waals surface area contributed by atoms with Gasteiger partial charge in [-0.25, -0.2) is 0 Å². The number of rotatable bonds is 3. The molecule has 1 saturated heterocycles. The highest BCUT2D eigenvalue weighted by atomic mass is 79.9. The Morgan fingerprint density at radius 1 is 1.24 bits per heavy atom. The summed E-state index contributed by atoms with van der Waals surface area (Å²) >= 11 is 3.47. The number of halogens is 1. The molecule has 8 heteroatoms. The zero-order valence-corrected chi connectivity index (χ0v) is 20.8. The maximum absolute atomic E-state index is 6.48. The number of hydrogen-bond donors (Lipinski definition) is 0. The van der Waals surface area contributed by atoms with Crippen molar-refractivity contribution in [3.05, 3.63) is 64.3 Å². The quantitative estimate of drug-likeness (QED) is 0.408. The van der Waals surface area contributed by atoms with Crippen LogP contribution in [0.2, 0.25) is 0 Å². The predicted octanol–water partition coefficient (Wildman–Crippen LogP) is 4.45. The van der Waals surface area contributed by atoms with Gasteiger partial charge in [0.15, 0.2) is 5.82 Å². The molecule has 33 heavy (non-hydrogen) atoms. The van der Waals surface area contributed by atoms with Crippen molar-refractivity contribution >= 4 is 26.8 Å². The summed E-state index contributed by atoms with van der Waals surface area (Å²) in [6.45, 7) is 3.03. The zero-order chi connectivity index (χ0) is 23.0. The molecular weight excluding hydrogens is 482 g/mol. The highest BCUT2D eigenvalue weighted by Crippen LogP contribution is 2.53. The van der Waals surface area contributed by atoms with Crippen LogP contribution in [0.3, 0.4) is 0 Å². The molecule has 0 spiro atoms. The molecule has 0 bridgehead atoms. The van der Waals surface area contributed by atoms with Crippen LogP contribution >= 0.6 is 15.9 Å². The van der Waals surface area contributed by atoms with E-state index in [9.17, 15) is 0 Å². The number of benzene rings is 1. The number of aromatic nitrogens is 4. The summed E-state index contributed by atoms with van der Waals surface area (Å²) in [5.74, 6) is 1.18. The number of methoxy groups -OCH3 is 1. The van der Waals surface area contributed by atoms with Gasteiger partial charge in [0.05, 0.1) is 5.56 Å². The van der Waals surface area contributed by atoms with Gasteiger partial charge >= 0.3 is 0 Å². The van der Waals surface area contributed by atoms with Crippen LogP contribution in [0.5, 0.6) is 0 Å². The lowest BCUT2D eigenvalue weighted by molar-refractivity contribution is -0.131. The molecule has 1 fully saturated rings. The van der Waals surface area contributed by atoms with E-state index in [1.54, 1.807) is 12.4 Å². The van der Waals surface area contributed by atoms with E-state index in [1.165, 1.54) is 22.0 Å². The van der Waals surface area contributed by atoms with Crippen molar-refractivity contribution in [2.24, 2.45) is 7.05 Å². The molecule has 170 valence electrons. The van der Waals surface area contributed by atoms with Crippen LogP contribution in [0.4, 0.5) is 0 Å². The number of ether oxygens (including phenoxy) is 1. The van der Waals surface area contributed by atoms with Crippen LogP contribution < -0.4 is 0 Å². The van der Waals surface area contributed by atoms with E-state index in [1.807, 2.05) is 13.2 Å². The molecule has 4 aromatic rings. The molecule has 1 aliphatic carbocycles. The number of pyridine rings is 1. The highest BCUT2D eigenvalue weighted by molar-refractivity contribution is 9.10. The summed E-state index contributed by atoms with van der Waals surface area (Å²) < 4.78 is 15.3. The zero-order valence-electron chi connectivity index (χ0n) is 19.2. The van der Waals surface area contributed by atoms with Crippen molar-refractivity contribution in [1.29, 1.82) is 0 Å². The number of fused-ring (bicyclic) bond motifs is 2. The van der Waals surface area contributed by atoms with Crippen molar-refractivity contribution in [1.82, 2.24) is 24.6 Å². The van der Waals surface area contributed by atoms with E-state index < -0.39 is 5.60 Å². The van der Waals surface area contributed by atoms with Gasteiger partial charge in [0.2, 0.25) is 0 Å². The molecule has 0 saturated carbocycles. The first-order valence-corrected chi connectivity index (χ1v) is 11.9. The number of aryl methyl sites for hydroxylation is 1. The Kier molecular flexibility index (Phi) is 4.60. The number of piperidine rings is 1. The minimum absolute atomic E-state index is 0.233. The molecule has 0 amide bonds. The predicted molar refractivity (Wildman–Crippen MR) is 129 cm³/mol. The average Bonchev–Trinajstić information content (AvgIpc) is 3.42. The summed E-state index contributed by atoms with van der Waals surface area (Å²) in [4.78, 5) is 11.5. The van der Waals surface area contributed by atoms with Gasteiger partial charge in [0.1, 0.15) is 5.60 Å². The minimum Gasteiger partial charge on any atom is -0.372 e. The van der Waals surface area contributed by atoms with Crippen LogP contribution in [-0.4, -0.2) is 51.3 Å². The number of likely N-dealkylation sites (tertiary alicyclic amines) is 1. The SMILES string of the molecule is CO[C@]12C[C@](C)(c3noc(-c4cncc(Br)c4)n3)CN(C)[C@@H]1Cc1cn(C)c3cccc2c13. The van der Waals surface area contributed by atoms with Crippen LogP contribution in [0.1, 0.15) is 30.3 Å². The third-order valence-electron chi connectivity index (χ3n) is 7.57. The van der Waals surface area contributed by atoms with Crippen LogP contribution in [0, 0.1) is 0 Å². The fraction of sp³-hybridized carbons (Fsp3) is 0.400. The Hall–Kier alpha value is -2.55. The fourth-order valence-corrected chi connectivity index (χ4v) is 6.57. The second kappa shape index (κ2) is 7.22. The smallest absolute Gasteiger partial charge is 0.259 e. The number of hydrogen-bond acceptors (Lipinski definition) is 6. The largest absolute Gasteiger partial charge is 0.372 e.